The van der Waals surface area contributed by atoms with Crippen LogP contribution >= 0.6 is 0 Å². The second-order valence-corrected chi connectivity index (χ2v) is 2.55. The maximum atomic E-state index is 13.0. The topological polar surface area (TPSA) is 52.0 Å². The number of halogens is 2. The van der Waals surface area contributed by atoms with Gasteiger partial charge in [0.25, 0.3) is 0 Å². The minimum absolute atomic E-state index is 0.0538. The van der Waals surface area contributed by atoms with Gasteiger partial charge in [-0.15, -0.1) is 0 Å². The lowest BCUT2D eigenvalue weighted by molar-refractivity contribution is 0.505. The van der Waals surface area contributed by atoms with Crippen LogP contribution in [0.5, 0.6) is 0 Å². The van der Waals surface area contributed by atoms with Crippen LogP contribution in [0, 0.1) is 11.6 Å². The molecule has 1 aromatic heterocycles. The molecule has 0 aliphatic heterocycles. The van der Waals surface area contributed by atoms with Crippen LogP contribution in [-0.2, 0) is 6.54 Å². The summed E-state index contributed by atoms with van der Waals surface area (Å²) in [4.78, 5) is 3.78. The normalized spacial score (nSPS) is 11.0. The van der Waals surface area contributed by atoms with Crippen LogP contribution in [0.2, 0.25) is 0 Å². The predicted molar refractivity (Wildman–Crippen MR) is 41.8 cm³/mol. The molecular weight excluding hydrogens is 178 g/mol. The van der Waals surface area contributed by atoms with Crippen LogP contribution in [0.4, 0.5) is 8.78 Å². The molecule has 0 saturated carbocycles. The minimum atomic E-state index is -0.762. The number of hydrogen-bond donors (Lipinski definition) is 1. The maximum absolute atomic E-state index is 13.0. The molecule has 0 aliphatic rings. The van der Waals surface area contributed by atoms with E-state index >= 15 is 0 Å². The zero-order valence-corrected chi connectivity index (χ0v) is 6.55. The highest BCUT2D eigenvalue weighted by Crippen LogP contribution is 2.20. The number of rotatable bonds is 1. The van der Waals surface area contributed by atoms with E-state index in [4.69, 9.17) is 10.2 Å². The summed E-state index contributed by atoms with van der Waals surface area (Å²) in [5.41, 5.74) is 5.33. The van der Waals surface area contributed by atoms with Crippen LogP contribution in [-0.4, -0.2) is 4.98 Å². The summed E-state index contributed by atoms with van der Waals surface area (Å²) in [6, 6.07) is 1.84. The van der Waals surface area contributed by atoms with E-state index in [-0.39, 0.29) is 23.5 Å². The van der Waals surface area contributed by atoms with Gasteiger partial charge in [-0.3, -0.25) is 0 Å². The molecular formula is C8H6F2N2O. The van der Waals surface area contributed by atoms with Crippen LogP contribution < -0.4 is 5.73 Å². The summed E-state index contributed by atoms with van der Waals surface area (Å²) < 4.78 is 30.6. The Morgan fingerprint density at radius 2 is 2.15 bits per heavy atom. The van der Waals surface area contributed by atoms with Gasteiger partial charge < -0.3 is 10.2 Å². The molecule has 0 bridgehead atoms. The van der Waals surface area contributed by atoms with Crippen LogP contribution in [0.25, 0.3) is 11.1 Å². The zero-order chi connectivity index (χ0) is 9.42. The molecule has 5 heteroatoms. The van der Waals surface area contributed by atoms with E-state index in [0.717, 1.165) is 12.1 Å². The Morgan fingerprint density at radius 1 is 1.38 bits per heavy atom. The fraction of sp³-hybridized carbons (Fsp3) is 0.125. The molecule has 1 aromatic carbocycles. The van der Waals surface area contributed by atoms with Crippen LogP contribution in [0.15, 0.2) is 16.5 Å². The lowest BCUT2D eigenvalue weighted by atomic mass is 10.3. The Labute approximate surface area is 72.2 Å². The molecule has 68 valence electrons. The number of fused-ring (bicyclic) bond motifs is 1. The fourth-order valence-corrected chi connectivity index (χ4v) is 1.09. The van der Waals surface area contributed by atoms with Crippen LogP contribution in [0.3, 0.4) is 0 Å². The smallest absolute Gasteiger partial charge is 0.209 e. The van der Waals surface area contributed by atoms with Gasteiger partial charge in [-0.05, 0) is 0 Å². The van der Waals surface area contributed by atoms with Crippen molar-refractivity contribution in [1.82, 2.24) is 4.98 Å². The quantitative estimate of drug-likeness (QED) is 0.731. The molecule has 1 heterocycles. The summed E-state index contributed by atoms with van der Waals surface area (Å²) in [5, 5.41) is 0. The van der Waals surface area contributed by atoms with Gasteiger partial charge in [0.2, 0.25) is 5.89 Å². The van der Waals surface area contributed by atoms with E-state index in [0.29, 0.717) is 0 Å². The monoisotopic (exact) mass is 184 g/mol. The Morgan fingerprint density at radius 3 is 2.85 bits per heavy atom. The average Bonchev–Trinajstić information content (AvgIpc) is 2.47. The number of aromatic nitrogens is 1. The molecule has 0 atom stereocenters. The number of nitrogens with zero attached hydrogens (tertiary/aromatic N) is 1. The zero-order valence-electron chi connectivity index (χ0n) is 6.55. The highest BCUT2D eigenvalue weighted by Gasteiger charge is 2.10. The SMILES string of the molecule is NCc1nc2cc(F)cc(F)c2o1. The second kappa shape index (κ2) is 2.77. The van der Waals surface area contributed by atoms with E-state index in [1.54, 1.807) is 0 Å². The molecule has 2 aromatic rings. The van der Waals surface area contributed by atoms with Crippen molar-refractivity contribution in [2.75, 3.05) is 0 Å². The molecule has 0 amide bonds. The average molecular weight is 184 g/mol. The fourth-order valence-electron chi connectivity index (χ4n) is 1.09. The van der Waals surface area contributed by atoms with Gasteiger partial charge in [-0.1, -0.05) is 0 Å². The lowest BCUT2D eigenvalue weighted by Crippen LogP contribution is -1.94. The van der Waals surface area contributed by atoms with Gasteiger partial charge in [-0.25, -0.2) is 13.8 Å². The Kier molecular flexibility index (Phi) is 1.73. The molecule has 0 unspecified atom stereocenters. The van der Waals surface area contributed by atoms with Crippen LogP contribution in [0.1, 0.15) is 5.89 Å². The van der Waals surface area contributed by atoms with E-state index in [2.05, 4.69) is 4.98 Å². The van der Waals surface area contributed by atoms with Crippen molar-refractivity contribution in [3.05, 3.63) is 29.7 Å². The molecule has 2 N–H and O–H groups in total. The highest BCUT2D eigenvalue weighted by atomic mass is 19.1. The van der Waals surface area contributed by atoms with E-state index < -0.39 is 11.6 Å². The second-order valence-electron chi connectivity index (χ2n) is 2.55. The van der Waals surface area contributed by atoms with E-state index in [1.807, 2.05) is 0 Å². The third-order valence-electron chi connectivity index (χ3n) is 1.63. The number of nitrogens with two attached hydrogens (primary N) is 1. The number of benzene rings is 1. The van der Waals surface area contributed by atoms with Crippen molar-refractivity contribution >= 4 is 11.1 Å². The first kappa shape index (κ1) is 8.12. The summed E-state index contributed by atoms with van der Waals surface area (Å²) in [6.45, 7) is 0.0652. The third kappa shape index (κ3) is 1.27. The minimum Gasteiger partial charge on any atom is -0.436 e. The van der Waals surface area contributed by atoms with Gasteiger partial charge in [0.05, 0.1) is 6.54 Å². The Balaban J connectivity index is 2.75. The van der Waals surface area contributed by atoms with E-state index in [9.17, 15) is 8.78 Å². The molecule has 0 spiro atoms. The first-order valence-corrected chi connectivity index (χ1v) is 3.65. The maximum Gasteiger partial charge on any atom is 0.209 e. The van der Waals surface area contributed by atoms with E-state index in [1.165, 1.54) is 0 Å². The molecule has 0 saturated heterocycles. The molecule has 3 nitrogen and oxygen atoms in total. The third-order valence-corrected chi connectivity index (χ3v) is 1.63. The first-order chi connectivity index (χ1) is 6.20. The molecule has 0 fully saturated rings. The molecule has 0 radical (unpaired) electrons. The Hall–Kier alpha value is -1.49. The summed E-state index contributed by atoms with van der Waals surface area (Å²) >= 11 is 0. The molecule has 0 aliphatic carbocycles. The van der Waals surface area contributed by atoms with Gasteiger partial charge in [0.1, 0.15) is 11.3 Å². The van der Waals surface area contributed by atoms with Crippen molar-refractivity contribution in [2.24, 2.45) is 5.73 Å². The summed E-state index contributed by atoms with van der Waals surface area (Å²) in [6.07, 6.45) is 0. The molecule has 13 heavy (non-hydrogen) atoms. The van der Waals surface area contributed by atoms with Crippen molar-refractivity contribution in [1.29, 1.82) is 0 Å². The predicted octanol–water partition coefficient (Wildman–Crippen LogP) is 1.56. The molecule has 2 rings (SSSR count). The van der Waals surface area contributed by atoms with Gasteiger partial charge >= 0.3 is 0 Å². The number of oxazole rings is 1. The van der Waals surface area contributed by atoms with Crippen molar-refractivity contribution in [3.63, 3.8) is 0 Å². The lowest BCUT2D eigenvalue weighted by Gasteiger charge is -1.89. The standard InChI is InChI=1S/C8H6F2N2O/c9-4-1-5(10)8-6(2-4)12-7(3-11)13-8/h1-2H,3,11H2. The van der Waals surface area contributed by atoms with Gasteiger partial charge in [-0.2, -0.15) is 0 Å². The van der Waals surface area contributed by atoms with Gasteiger partial charge in [0.15, 0.2) is 11.4 Å². The number of hydrogen-bond acceptors (Lipinski definition) is 3. The van der Waals surface area contributed by atoms with Crippen molar-refractivity contribution in [3.8, 4) is 0 Å². The Bertz CT molecular complexity index is 453. The highest BCUT2D eigenvalue weighted by molar-refractivity contribution is 5.73. The summed E-state index contributed by atoms with van der Waals surface area (Å²) in [5.74, 6) is -1.25. The van der Waals surface area contributed by atoms with Gasteiger partial charge in [0, 0.05) is 12.1 Å². The first-order valence-electron chi connectivity index (χ1n) is 3.65. The largest absolute Gasteiger partial charge is 0.436 e. The van der Waals surface area contributed by atoms with Crippen molar-refractivity contribution in [2.45, 2.75) is 6.54 Å². The van der Waals surface area contributed by atoms with Crippen molar-refractivity contribution < 1.29 is 13.2 Å². The summed E-state index contributed by atoms with van der Waals surface area (Å²) in [7, 11) is 0.